The van der Waals surface area contributed by atoms with Crippen molar-refractivity contribution in [2.45, 2.75) is 13.5 Å². The van der Waals surface area contributed by atoms with Gasteiger partial charge in [-0.3, -0.25) is 4.90 Å². The van der Waals surface area contributed by atoms with Crippen molar-refractivity contribution in [3.63, 3.8) is 0 Å². The third-order valence-electron chi connectivity index (χ3n) is 2.98. The van der Waals surface area contributed by atoms with Crippen LogP contribution < -0.4 is 4.74 Å². The van der Waals surface area contributed by atoms with Crippen LogP contribution in [0, 0.1) is 16.7 Å². The van der Waals surface area contributed by atoms with Gasteiger partial charge in [-0.25, -0.2) is 0 Å². The zero-order valence-corrected chi connectivity index (χ0v) is 9.73. The number of nitrogens with zero attached hydrogens (tertiary/aromatic N) is 2. The molecular formula is C13H16N2O. The third kappa shape index (κ3) is 2.17. The molecule has 1 aliphatic heterocycles. The lowest BCUT2D eigenvalue weighted by Gasteiger charge is -2.43. The maximum absolute atomic E-state index is 8.90. The predicted octanol–water partition coefficient (Wildman–Crippen LogP) is 2.04. The Kier molecular flexibility index (Phi) is 2.84. The quantitative estimate of drug-likeness (QED) is 0.775. The van der Waals surface area contributed by atoms with Crippen molar-refractivity contribution < 1.29 is 4.74 Å². The van der Waals surface area contributed by atoms with E-state index < -0.39 is 0 Å². The highest BCUT2D eigenvalue weighted by Gasteiger charge is 2.38. The van der Waals surface area contributed by atoms with Crippen molar-refractivity contribution in [2.24, 2.45) is 5.41 Å². The number of hydrogen-bond acceptors (Lipinski definition) is 3. The normalized spacial score (nSPS) is 18.6. The van der Waals surface area contributed by atoms with E-state index in [1.165, 1.54) is 5.56 Å². The highest BCUT2D eigenvalue weighted by atomic mass is 16.5. The number of rotatable bonds is 3. The first kappa shape index (κ1) is 11.0. The second-order valence-corrected chi connectivity index (χ2v) is 4.67. The van der Waals surface area contributed by atoms with Gasteiger partial charge in [0, 0.05) is 19.6 Å². The minimum absolute atomic E-state index is 0.132. The monoisotopic (exact) mass is 216 g/mol. The topological polar surface area (TPSA) is 36.3 Å². The van der Waals surface area contributed by atoms with Crippen molar-refractivity contribution in [3.8, 4) is 11.8 Å². The van der Waals surface area contributed by atoms with Gasteiger partial charge in [0.1, 0.15) is 5.75 Å². The molecule has 0 aliphatic carbocycles. The van der Waals surface area contributed by atoms with Crippen LogP contribution in [0.1, 0.15) is 12.5 Å². The average Bonchev–Trinajstić information content (AvgIpc) is 2.28. The molecule has 0 N–H and O–H groups in total. The van der Waals surface area contributed by atoms with E-state index >= 15 is 0 Å². The smallest absolute Gasteiger partial charge is 0.118 e. The van der Waals surface area contributed by atoms with E-state index in [-0.39, 0.29) is 5.41 Å². The molecule has 3 nitrogen and oxygen atoms in total. The second kappa shape index (κ2) is 4.15. The van der Waals surface area contributed by atoms with Gasteiger partial charge in [0.25, 0.3) is 0 Å². The van der Waals surface area contributed by atoms with Gasteiger partial charge in [-0.2, -0.15) is 5.26 Å². The first-order valence-electron chi connectivity index (χ1n) is 5.42. The number of nitriles is 1. The lowest BCUT2D eigenvalue weighted by atomic mass is 9.83. The van der Waals surface area contributed by atoms with Crippen LogP contribution in [0.4, 0.5) is 0 Å². The molecule has 1 aromatic rings. The van der Waals surface area contributed by atoms with Crippen molar-refractivity contribution >= 4 is 0 Å². The van der Waals surface area contributed by atoms with Gasteiger partial charge >= 0.3 is 0 Å². The average molecular weight is 216 g/mol. The summed E-state index contributed by atoms with van der Waals surface area (Å²) in [6.07, 6.45) is 0. The molecule has 1 saturated heterocycles. The zero-order valence-electron chi connectivity index (χ0n) is 9.73. The molecule has 16 heavy (non-hydrogen) atoms. The molecule has 0 atom stereocenters. The van der Waals surface area contributed by atoms with Crippen LogP contribution in [0.3, 0.4) is 0 Å². The van der Waals surface area contributed by atoms with Crippen LogP contribution in [0.5, 0.6) is 5.75 Å². The van der Waals surface area contributed by atoms with Crippen molar-refractivity contribution in [2.75, 3.05) is 20.2 Å². The summed E-state index contributed by atoms with van der Waals surface area (Å²) < 4.78 is 5.11. The molecule has 1 heterocycles. The summed E-state index contributed by atoms with van der Waals surface area (Å²) in [6, 6.07) is 10.4. The minimum atomic E-state index is -0.132. The zero-order chi connectivity index (χ0) is 11.6. The van der Waals surface area contributed by atoms with E-state index in [0.29, 0.717) is 0 Å². The lowest BCUT2D eigenvalue weighted by Crippen LogP contribution is -2.53. The van der Waals surface area contributed by atoms with Gasteiger partial charge in [0.2, 0.25) is 0 Å². The predicted molar refractivity (Wildman–Crippen MR) is 62.0 cm³/mol. The Morgan fingerprint density at radius 1 is 1.38 bits per heavy atom. The lowest BCUT2D eigenvalue weighted by molar-refractivity contribution is 0.0530. The number of methoxy groups -OCH3 is 1. The summed E-state index contributed by atoms with van der Waals surface area (Å²) in [5, 5.41) is 8.90. The second-order valence-electron chi connectivity index (χ2n) is 4.67. The van der Waals surface area contributed by atoms with E-state index in [2.05, 4.69) is 23.1 Å². The molecule has 0 radical (unpaired) electrons. The Labute approximate surface area is 96.2 Å². The number of hydrogen-bond donors (Lipinski definition) is 0. The van der Waals surface area contributed by atoms with Crippen molar-refractivity contribution in [1.82, 2.24) is 4.90 Å². The largest absolute Gasteiger partial charge is 0.497 e. The van der Waals surface area contributed by atoms with Crippen LogP contribution >= 0.6 is 0 Å². The summed E-state index contributed by atoms with van der Waals surface area (Å²) in [5.74, 6) is 0.884. The molecule has 0 bridgehead atoms. The Bertz CT molecular complexity index is 399. The van der Waals surface area contributed by atoms with E-state index in [9.17, 15) is 0 Å². The molecule has 0 amide bonds. The van der Waals surface area contributed by atoms with Crippen LogP contribution in [0.25, 0.3) is 0 Å². The molecule has 0 spiro atoms. The van der Waals surface area contributed by atoms with Crippen LogP contribution in [0.15, 0.2) is 24.3 Å². The summed E-state index contributed by atoms with van der Waals surface area (Å²) in [5.41, 5.74) is 1.13. The van der Waals surface area contributed by atoms with Gasteiger partial charge in [-0.1, -0.05) is 12.1 Å². The molecule has 2 rings (SSSR count). The molecule has 1 aliphatic rings. The van der Waals surface area contributed by atoms with Crippen LogP contribution in [-0.4, -0.2) is 25.1 Å². The standard InChI is InChI=1S/C13H16N2O/c1-13(8-14)9-15(10-13)7-11-3-5-12(16-2)6-4-11/h3-6H,7,9-10H2,1-2H3. The summed E-state index contributed by atoms with van der Waals surface area (Å²) in [7, 11) is 1.67. The number of likely N-dealkylation sites (tertiary alicyclic amines) is 1. The Hall–Kier alpha value is -1.53. The number of ether oxygens (including phenoxy) is 1. The number of benzene rings is 1. The third-order valence-corrected chi connectivity index (χ3v) is 2.98. The van der Waals surface area contributed by atoms with Gasteiger partial charge in [-0.05, 0) is 24.6 Å². The molecular weight excluding hydrogens is 200 g/mol. The first-order valence-corrected chi connectivity index (χ1v) is 5.42. The summed E-state index contributed by atoms with van der Waals surface area (Å²) >= 11 is 0. The molecule has 3 heteroatoms. The van der Waals surface area contributed by atoms with Gasteiger partial charge < -0.3 is 4.74 Å². The molecule has 0 saturated carbocycles. The Morgan fingerprint density at radius 3 is 2.50 bits per heavy atom. The SMILES string of the molecule is COc1ccc(CN2CC(C)(C#N)C2)cc1. The summed E-state index contributed by atoms with van der Waals surface area (Å²) in [4.78, 5) is 2.28. The highest BCUT2D eigenvalue weighted by Crippen LogP contribution is 2.30. The highest BCUT2D eigenvalue weighted by molar-refractivity contribution is 5.27. The van der Waals surface area contributed by atoms with E-state index in [1.807, 2.05) is 19.1 Å². The summed E-state index contributed by atoms with van der Waals surface area (Å²) in [6.45, 7) is 4.67. The molecule has 0 aromatic heterocycles. The minimum Gasteiger partial charge on any atom is -0.497 e. The fourth-order valence-electron chi connectivity index (χ4n) is 2.11. The Balaban J connectivity index is 1.90. The fourth-order valence-corrected chi connectivity index (χ4v) is 2.11. The van der Waals surface area contributed by atoms with Crippen LogP contribution in [0.2, 0.25) is 0 Å². The van der Waals surface area contributed by atoms with Gasteiger partial charge in [0.05, 0.1) is 18.6 Å². The van der Waals surface area contributed by atoms with Crippen LogP contribution in [-0.2, 0) is 6.54 Å². The molecule has 1 fully saturated rings. The molecule has 0 unspecified atom stereocenters. The van der Waals surface area contributed by atoms with E-state index in [0.717, 1.165) is 25.4 Å². The molecule has 84 valence electrons. The van der Waals surface area contributed by atoms with E-state index in [1.54, 1.807) is 7.11 Å². The van der Waals surface area contributed by atoms with Crippen molar-refractivity contribution in [1.29, 1.82) is 5.26 Å². The molecule has 1 aromatic carbocycles. The fraction of sp³-hybridized carbons (Fsp3) is 0.462. The van der Waals surface area contributed by atoms with Gasteiger partial charge in [0.15, 0.2) is 0 Å². The van der Waals surface area contributed by atoms with Crippen molar-refractivity contribution in [3.05, 3.63) is 29.8 Å². The maximum atomic E-state index is 8.90. The van der Waals surface area contributed by atoms with E-state index in [4.69, 9.17) is 10.00 Å². The maximum Gasteiger partial charge on any atom is 0.118 e. The van der Waals surface area contributed by atoms with Gasteiger partial charge in [-0.15, -0.1) is 0 Å². The first-order chi connectivity index (χ1) is 7.65. The Morgan fingerprint density at radius 2 is 2.00 bits per heavy atom.